The number of furan rings is 1. The molecule has 0 atom stereocenters. The van der Waals surface area contributed by atoms with Crippen molar-refractivity contribution in [1.82, 2.24) is 15.2 Å². The van der Waals surface area contributed by atoms with Gasteiger partial charge < -0.3 is 18.6 Å². The summed E-state index contributed by atoms with van der Waals surface area (Å²) in [6.45, 7) is 3.57. The standard InChI is InChI=1S/C18H15N3O4/c1-10-7-13(11(2)24-10)17-21-20-16(25-17)9-23-18(22)14-8-19-15-6-4-3-5-12(14)15/h3-8,19H,9H2,1-2H3. The predicted octanol–water partition coefficient (Wildman–Crippen LogP) is 3.78. The van der Waals surface area contributed by atoms with Gasteiger partial charge in [0.2, 0.25) is 0 Å². The van der Waals surface area contributed by atoms with E-state index in [4.69, 9.17) is 13.6 Å². The number of nitrogens with one attached hydrogen (secondary N) is 1. The lowest BCUT2D eigenvalue weighted by atomic mass is 10.2. The van der Waals surface area contributed by atoms with Crippen LogP contribution in [0.25, 0.3) is 22.4 Å². The Balaban J connectivity index is 1.48. The zero-order chi connectivity index (χ0) is 17.4. The van der Waals surface area contributed by atoms with E-state index in [1.807, 2.05) is 44.2 Å². The van der Waals surface area contributed by atoms with Crippen LogP contribution in [0.5, 0.6) is 0 Å². The third kappa shape index (κ3) is 2.80. The van der Waals surface area contributed by atoms with E-state index in [0.29, 0.717) is 17.2 Å². The molecule has 0 saturated heterocycles. The first-order chi connectivity index (χ1) is 12.1. The molecule has 4 aromatic rings. The number of aryl methyl sites for hydroxylation is 2. The van der Waals surface area contributed by atoms with Crippen molar-refractivity contribution in [2.75, 3.05) is 0 Å². The summed E-state index contributed by atoms with van der Waals surface area (Å²) in [6, 6.07) is 9.34. The molecule has 25 heavy (non-hydrogen) atoms. The highest BCUT2D eigenvalue weighted by atomic mass is 16.5. The molecule has 0 spiro atoms. The zero-order valence-electron chi connectivity index (χ0n) is 13.7. The molecule has 7 heteroatoms. The lowest BCUT2D eigenvalue weighted by Crippen LogP contribution is -2.04. The van der Waals surface area contributed by atoms with Crippen LogP contribution in [0.1, 0.15) is 27.8 Å². The number of hydrogen-bond donors (Lipinski definition) is 1. The molecule has 0 aliphatic heterocycles. The summed E-state index contributed by atoms with van der Waals surface area (Å²) < 4.78 is 16.3. The smallest absolute Gasteiger partial charge is 0.340 e. The highest BCUT2D eigenvalue weighted by molar-refractivity contribution is 6.03. The van der Waals surface area contributed by atoms with Crippen LogP contribution in [0.15, 0.2) is 45.4 Å². The number of hydrogen-bond acceptors (Lipinski definition) is 6. The van der Waals surface area contributed by atoms with E-state index in [-0.39, 0.29) is 12.5 Å². The van der Waals surface area contributed by atoms with Gasteiger partial charge in [0.05, 0.1) is 11.1 Å². The topological polar surface area (TPSA) is 94.2 Å². The summed E-state index contributed by atoms with van der Waals surface area (Å²) in [5, 5.41) is 8.70. The number of benzene rings is 1. The number of H-pyrrole nitrogens is 1. The number of aromatic amines is 1. The van der Waals surface area contributed by atoms with Crippen LogP contribution < -0.4 is 0 Å². The van der Waals surface area contributed by atoms with Gasteiger partial charge in [0.1, 0.15) is 11.5 Å². The number of esters is 1. The second-order valence-corrected chi connectivity index (χ2v) is 5.65. The van der Waals surface area contributed by atoms with E-state index < -0.39 is 5.97 Å². The number of ether oxygens (including phenoxy) is 1. The van der Waals surface area contributed by atoms with Gasteiger partial charge in [-0.05, 0) is 26.0 Å². The second kappa shape index (κ2) is 5.94. The van der Waals surface area contributed by atoms with Crippen molar-refractivity contribution in [2.45, 2.75) is 20.5 Å². The average Bonchev–Trinajstić information content (AvgIpc) is 3.30. The Morgan fingerprint density at radius 2 is 2.04 bits per heavy atom. The molecule has 4 rings (SSSR count). The van der Waals surface area contributed by atoms with Gasteiger partial charge in [-0.2, -0.15) is 0 Å². The predicted molar refractivity (Wildman–Crippen MR) is 88.9 cm³/mol. The fraction of sp³-hybridized carbons (Fsp3) is 0.167. The maximum atomic E-state index is 12.3. The van der Waals surface area contributed by atoms with E-state index in [9.17, 15) is 4.79 Å². The summed E-state index contributed by atoms with van der Waals surface area (Å²) in [6.07, 6.45) is 1.63. The van der Waals surface area contributed by atoms with Crippen LogP contribution in [-0.2, 0) is 11.3 Å². The monoisotopic (exact) mass is 337 g/mol. The van der Waals surface area contributed by atoms with Crippen molar-refractivity contribution in [3.63, 3.8) is 0 Å². The van der Waals surface area contributed by atoms with Crippen molar-refractivity contribution in [1.29, 1.82) is 0 Å². The molecular weight excluding hydrogens is 322 g/mol. The fourth-order valence-corrected chi connectivity index (χ4v) is 2.71. The summed E-state index contributed by atoms with van der Waals surface area (Å²) in [4.78, 5) is 15.3. The highest BCUT2D eigenvalue weighted by Gasteiger charge is 2.17. The maximum absolute atomic E-state index is 12.3. The van der Waals surface area contributed by atoms with Crippen LogP contribution in [0.2, 0.25) is 0 Å². The Morgan fingerprint density at radius 1 is 1.20 bits per heavy atom. The first kappa shape index (κ1) is 15.2. The molecule has 3 heterocycles. The summed E-state index contributed by atoms with van der Waals surface area (Å²) in [5.74, 6) is 1.57. The molecule has 126 valence electrons. The van der Waals surface area contributed by atoms with Gasteiger partial charge in [-0.1, -0.05) is 18.2 Å². The first-order valence-corrected chi connectivity index (χ1v) is 7.75. The molecule has 0 aliphatic rings. The van der Waals surface area contributed by atoms with Gasteiger partial charge in [-0.15, -0.1) is 10.2 Å². The third-order valence-electron chi connectivity index (χ3n) is 3.87. The van der Waals surface area contributed by atoms with Crippen molar-refractivity contribution >= 4 is 16.9 Å². The number of rotatable bonds is 4. The molecule has 0 bridgehead atoms. The largest absolute Gasteiger partial charge is 0.466 e. The Bertz CT molecular complexity index is 1060. The van der Waals surface area contributed by atoms with E-state index >= 15 is 0 Å². The van der Waals surface area contributed by atoms with E-state index in [2.05, 4.69) is 15.2 Å². The SMILES string of the molecule is Cc1cc(-c2nnc(COC(=O)c3c[nH]c4ccccc34)o2)c(C)o1. The number of aromatic nitrogens is 3. The Labute approximate surface area is 142 Å². The van der Waals surface area contributed by atoms with Gasteiger partial charge in [-0.3, -0.25) is 0 Å². The van der Waals surface area contributed by atoms with Gasteiger partial charge in [0.15, 0.2) is 6.61 Å². The molecule has 0 saturated carbocycles. The number of carbonyl (C=O) groups excluding carboxylic acids is 1. The molecule has 1 N–H and O–H groups in total. The number of nitrogens with zero attached hydrogens (tertiary/aromatic N) is 2. The van der Waals surface area contributed by atoms with Crippen LogP contribution in [0, 0.1) is 13.8 Å². The van der Waals surface area contributed by atoms with Crippen molar-refractivity contribution in [3.8, 4) is 11.5 Å². The quantitative estimate of drug-likeness (QED) is 0.569. The van der Waals surface area contributed by atoms with E-state index in [1.54, 1.807) is 6.20 Å². The third-order valence-corrected chi connectivity index (χ3v) is 3.87. The van der Waals surface area contributed by atoms with Gasteiger partial charge in [0, 0.05) is 17.1 Å². The van der Waals surface area contributed by atoms with Gasteiger partial charge in [-0.25, -0.2) is 4.79 Å². The van der Waals surface area contributed by atoms with Crippen LogP contribution in [0.4, 0.5) is 0 Å². The molecule has 0 aliphatic carbocycles. The normalized spacial score (nSPS) is 11.1. The van der Waals surface area contributed by atoms with Gasteiger partial charge >= 0.3 is 5.97 Å². The molecular formula is C18H15N3O4. The molecule has 1 aromatic carbocycles. The minimum absolute atomic E-state index is 0.0960. The van der Waals surface area contributed by atoms with Crippen molar-refractivity contribution in [3.05, 3.63) is 59.5 Å². The average molecular weight is 337 g/mol. The number of fused-ring (bicyclic) bond motifs is 1. The summed E-state index contributed by atoms with van der Waals surface area (Å²) in [5.41, 5.74) is 2.08. The van der Waals surface area contributed by atoms with Crippen molar-refractivity contribution < 1.29 is 18.4 Å². The molecule has 7 nitrogen and oxygen atoms in total. The highest BCUT2D eigenvalue weighted by Crippen LogP contribution is 2.25. The Morgan fingerprint density at radius 3 is 2.84 bits per heavy atom. The first-order valence-electron chi connectivity index (χ1n) is 7.75. The Kier molecular flexibility index (Phi) is 3.61. The number of carbonyl (C=O) groups is 1. The molecule has 3 aromatic heterocycles. The zero-order valence-corrected chi connectivity index (χ0v) is 13.7. The lowest BCUT2D eigenvalue weighted by Gasteiger charge is -2.00. The molecule has 0 unspecified atom stereocenters. The maximum Gasteiger partial charge on any atom is 0.340 e. The molecule has 0 amide bonds. The summed E-state index contributed by atoms with van der Waals surface area (Å²) in [7, 11) is 0. The second-order valence-electron chi connectivity index (χ2n) is 5.65. The van der Waals surface area contributed by atoms with Crippen LogP contribution in [-0.4, -0.2) is 21.2 Å². The molecule has 0 fully saturated rings. The van der Waals surface area contributed by atoms with Crippen LogP contribution in [0.3, 0.4) is 0 Å². The fourth-order valence-electron chi connectivity index (χ4n) is 2.71. The minimum atomic E-state index is -0.451. The van der Waals surface area contributed by atoms with Crippen molar-refractivity contribution in [2.24, 2.45) is 0 Å². The minimum Gasteiger partial charge on any atom is -0.466 e. The number of para-hydroxylation sites is 1. The van der Waals surface area contributed by atoms with Gasteiger partial charge in [0.25, 0.3) is 11.8 Å². The van der Waals surface area contributed by atoms with E-state index in [1.165, 1.54) is 0 Å². The Hall–Kier alpha value is -3.35. The van der Waals surface area contributed by atoms with Crippen LogP contribution >= 0.6 is 0 Å². The summed E-state index contributed by atoms with van der Waals surface area (Å²) >= 11 is 0. The van der Waals surface area contributed by atoms with E-state index in [0.717, 1.165) is 22.2 Å². The molecule has 0 radical (unpaired) electrons. The lowest BCUT2D eigenvalue weighted by molar-refractivity contribution is 0.0441.